The summed E-state index contributed by atoms with van der Waals surface area (Å²) in [6.07, 6.45) is -4.38. The van der Waals surface area contributed by atoms with Gasteiger partial charge >= 0.3 is 6.18 Å². The molecule has 2 atom stereocenters. The maximum absolute atomic E-state index is 13.4. The number of aromatic nitrogens is 2. The molecule has 0 aliphatic carbocycles. The molecule has 0 saturated carbocycles. The molecule has 10 heteroatoms. The molecule has 1 amide bonds. The van der Waals surface area contributed by atoms with E-state index in [2.05, 4.69) is 15.6 Å². The molecule has 29 heavy (non-hydrogen) atoms. The van der Waals surface area contributed by atoms with E-state index in [0.29, 0.717) is 25.2 Å². The van der Waals surface area contributed by atoms with E-state index in [4.69, 9.17) is 4.74 Å². The SMILES string of the molecule is CNCO[C@@H](NC(=O)c1nc(C(C)C(F)(F)F)n2c1CN(C)CCC2)C(C)(C)C. The van der Waals surface area contributed by atoms with Gasteiger partial charge in [0.15, 0.2) is 5.69 Å². The van der Waals surface area contributed by atoms with Crippen LogP contribution in [0, 0.1) is 5.41 Å². The van der Waals surface area contributed by atoms with Crippen molar-refractivity contribution in [2.45, 2.75) is 65.5 Å². The Morgan fingerprint density at radius 1 is 1.28 bits per heavy atom. The van der Waals surface area contributed by atoms with E-state index in [0.717, 1.165) is 13.5 Å². The van der Waals surface area contributed by atoms with Crippen molar-refractivity contribution in [3.8, 4) is 0 Å². The van der Waals surface area contributed by atoms with Gasteiger partial charge < -0.3 is 19.5 Å². The molecule has 0 radical (unpaired) electrons. The fraction of sp³-hybridized carbons (Fsp3) is 0.789. The van der Waals surface area contributed by atoms with Crippen LogP contribution in [0.1, 0.15) is 62.0 Å². The third-order valence-electron chi connectivity index (χ3n) is 4.98. The number of alkyl halides is 3. The summed E-state index contributed by atoms with van der Waals surface area (Å²) in [5, 5.41) is 5.67. The summed E-state index contributed by atoms with van der Waals surface area (Å²) < 4.78 is 47.5. The van der Waals surface area contributed by atoms with Crippen LogP contribution < -0.4 is 10.6 Å². The minimum absolute atomic E-state index is 0.0344. The van der Waals surface area contributed by atoms with Crippen LogP contribution in [0.2, 0.25) is 0 Å². The monoisotopic (exact) mass is 419 g/mol. The minimum Gasteiger partial charge on any atom is -0.343 e. The van der Waals surface area contributed by atoms with Crippen LogP contribution in [0.15, 0.2) is 0 Å². The third kappa shape index (κ3) is 5.70. The molecule has 1 unspecified atom stereocenters. The Morgan fingerprint density at radius 2 is 1.93 bits per heavy atom. The summed E-state index contributed by atoms with van der Waals surface area (Å²) in [4.78, 5) is 19.2. The molecule has 0 saturated heterocycles. The number of carbonyl (C=O) groups excluding carboxylic acids is 1. The molecular formula is C19H32F3N5O2. The van der Waals surface area contributed by atoms with E-state index in [1.807, 2.05) is 32.7 Å². The number of imidazole rings is 1. The largest absolute Gasteiger partial charge is 0.398 e. The summed E-state index contributed by atoms with van der Waals surface area (Å²) in [5.41, 5.74) is 0.129. The number of nitrogens with zero attached hydrogens (tertiary/aromatic N) is 3. The average molecular weight is 419 g/mol. The summed E-state index contributed by atoms with van der Waals surface area (Å²) in [6, 6.07) is 0. The fourth-order valence-corrected chi connectivity index (χ4v) is 3.27. The molecule has 166 valence electrons. The van der Waals surface area contributed by atoms with Crippen molar-refractivity contribution >= 4 is 5.91 Å². The number of hydrogen-bond acceptors (Lipinski definition) is 5. The van der Waals surface area contributed by atoms with Crippen LogP contribution in [0.4, 0.5) is 13.2 Å². The van der Waals surface area contributed by atoms with Gasteiger partial charge in [-0.1, -0.05) is 20.8 Å². The lowest BCUT2D eigenvalue weighted by Crippen LogP contribution is -2.47. The van der Waals surface area contributed by atoms with Crippen molar-refractivity contribution in [2.75, 3.05) is 27.4 Å². The van der Waals surface area contributed by atoms with Crippen LogP contribution in [-0.2, 0) is 17.8 Å². The van der Waals surface area contributed by atoms with Gasteiger partial charge in [-0.15, -0.1) is 0 Å². The molecular weight excluding hydrogens is 387 g/mol. The second kappa shape index (κ2) is 9.01. The van der Waals surface area contributed by atoms with Crippen molar-refractivity contribution in [3.05, 3.63) is 17.2 Å². The van der Waals surface area contributed by atoms with Gasteiger partial charge in [-0.05, 0) is 34.0 Å². The van der Waals surface area contributed by atoms with Gasteiger partial charge in [0.2, 0.25) is 0 Å². The maximum atomic E-state index is 13.4. The molecule has 1 aromatic rings. The highest BCUT2D eigenvalue weighted by Crippen LogP contribution is 2.35. The Bertz CT molecular complexity index is 712. The van der Waals surface area contributed by atoms with E-state index in [1.165, 1.54) is 0 Å². The molecule has 0 aromatic carbocycles. The molecule has 0 fully saturated rings. The minimum atomic E-state index is -4.43. The van der Waals surface area contributed by atoms with Crippen LogP contribution in [-0.4, -0.2) is 60.1 Å². The predicted molar refractivity (Wildman–Crippen MR) is 103 cm³/mol. The maximum Gasteiger partial charge on any atom is 0.398 e. The Hall–Kier alpha value is -1.65. The van der Waals surface area contributed by atoms with Gasteiger partial charge in [0, 0.05) is 18.5 Å². The fourth-order valence-electron chi connectivity index (χ4n) is 3.27. The molecule has 2 rings (SSSR count). The quantitative estimate of drug-likeness (QED) is 0.694. The van der Waals surface area contributed by atoms with Crippen LogP contribution in [0.3, 0.4) is 0 Å². The molecule has 0 spiro atoms. The third-order valence-corrected chi connectivity index (χ3v) is 4.98. The highest BCUT2D eigenvalue weighted by atomic mass is 19.4. The highest BCUT2D eigenvalue weighted by molar-refractivity contribution is 5.93. The summed E-state index contributed by atoms with van der Waals surface area (Å²) >= 11 is 0. The standard InChI is InChI=1S/C19H32F3N5O2/c1-12(19(20,21)22)15-24-14(13-10-26(6)8-7-9-27(13)15)16(28)25-17(18(2,3)4)29-11-23-5/h12,17,23H,7-11H2,1-6H3,(H,25,28)/t12?,17-/m1/s1. The van der Waals surface area contributed by atoms with E-state index in [-0.39, 0.29) is 18.2 Å². The number of rotatable bonds is 6. The van der Waals surface area contributed by atoms with E-state index >= 15 is 0 Å². The van der Waals surface area contributed by atoms with Crippen LogP contribution >= 0.6 is 0 Å². The van der Waals surface area contributed by atoms with Gasteiger partial charge in [0.25, 0.3) is 5.91 Å². The first-order chi connectivity index (χ1) is 13.4. The van der Waals surface area contributed by atoms with Crippen molar-refractivity contribution in [3.63, 3.8) is 0 Å². The van der Waals surface area contributed by atoms with Crippen LogP contribution in [0.25, 0.3) is 0 Å². The lowest BCUT2D eigenvalue weighted by atomic mass is 9.94. The van der Waals surface area contributed by atoms with Crippen molar-refractivity contribution in [1.82, 2.24) is 25.1 Å². The average Bonchev–Trinajstić information content (AvgIpc) is 2.82. The number of fused-ring (bicyclic) bond motifs is 1. The number of nitrogens with one attached hydrogen (secondary N) is 2. The first-order valence-electron chi connectivity index (χ1n) is 9.77. The summed E-state index contributed by atoms with van der Waals surface area (Å²) in [5.74, 6) is -2.40. The first-order valence-corrected chi connectivity index (χ1v) is 9.77. The van der Waals surface area contributed by atoms with E-state index in [9.17, 15) is 18.0 Å². The highest BCUT2D eigenvalue weighted by Gasteiger charge is 2.42. The van der Waals surface area contributed by atoms with Gasteiger partial charge in [-0.3, -0.25) is 10.1 Å². The van der Waals surface area contributed by atoms with Crippen molar-refractivity contribution in [1.29, 1.82) is 0 Å². The Balaban J connectivity index is 2.43. The van der Waals surface area contributed by atoms with E-state index < -0.39 is 29.6 Å². The number of carbonyl (C=O) groups is 1. The second-order valence-electron chi connectivity index (χ2n) is 8.66. The molecule has 1 aromatic heterocycles. The zero-order valence-electron chi connectivity index (χ0n) is 18.0. The van der Waals surface area contributed by atoms with Gasteiger partial charge in [-0.2, -0.15) is 13.2 Å². The summed E-state index contributed by atoms with van der Waals surface area (Å²) in [7, 11) is 3.60. The zero-order valence-corrected chi connectivity index (χ0v) is 18.0. The Labute approximate surface area is 170 Å². The van der Waals surface area contributed by atoms with Crippen molar-refractivity contribution in [2.24, 2.45) is 5.41 Å². The van der Waals surface area contributed by atoms with Gasteiger partial charge in [0.1, 0.15) is 18.0 Å². The molecule has 1 aliphatic heterocycles. The normalized spacial score (nSPS) is 18.1. The lowest BCUT2D eigenvalue weighted by molar-refractivity contribution is -0.148. The molecule has 7 nitrogen and oxygen atoms in total. The number of halogens is 3. The predicted octanol–water partition coefficient (Wildman–Crippen LogP) is 2.68. The van der Waals surface area contributed by atoms with E-state index in [1.54, 1.807) is 11.6 Å². The lowest BCUT2D eigenvalue weighted by Gasteiger charge is -2.31. The smallest absolute Gasteiger partial charge is 0.343 e. The van der Waals surface area contributed by atoms with Crippen molar-refractivity contribution < 1.29 is 22.7 Å². The first kappa shape index (κ1) is 23.6. The Morgan fingerprint density at radius 3 is 2.48 bits per heavy atom. The molecule has 1 aliphatic rings. The topological polar surface area (TPSA) is 71.4 Å². The molecule has 0 bridgehead atoms. The second-order valence-corrected chi connectivity index (χ2v) is 8.66. The number of amides is 1. The molecule has 2 N–H and O–H groups in total. The summed E-state index contributed by atoms with van der Waals surface area (Å²) in [6.45, 7) is 8.53. The van der Waals surface area contributed by atoms with Crippen LogP contribution in [0.5, 0.6) is 0 Å². The zero-order chi connectivity index (χ0) is 22.0. The number of hydrogen-bond donors (Lipinski definition) is 2. The van der Waals surface area contributed by atoms with Gasteiger partial charge in [0.05, 0.1) is 12.4 Å². The Kier molecular flexibility index (Phi) is 7.34. The molecule has 2 heterocycles. The number of ether oxygens (including phenoxy) is 1. The van der Waals surface area contributed by atoms with Gasteiger partial charge in [-0.25, -0.2) is 4.98 Å².